The molecule has 0 amide bonds. The number of fused-ring (bicyclic) bond motifs is 1. The summed E-state index contributed by atoms with van der Waals surface area (Å²) in [7, 11) is 0. The molecule has 110 valence electrons. The van der Waals surface area contributed by atoms with Crippen molar-refractivity contribution in [3.63, 3.8) is 0 Å². The summed E-state index contributed by atoms with van der Waals surface area (Å²) in [4.78, 5) is 5.82. The van der Waals surface area contributed by atoms with Crippen molar-refractivity contribution in [3.05, 3.63) is 35.0 Å². The molecular weight excluding hydrogens is 270 g/mol. The van der Waals surface area contributed by atoms with Gasteiger partial charge in [-0.2, -0.15) is 0 Å². The Morgan fingerprint density at radius 2 is 1.95 bits per heavy atom. The average molecular weight is 294 g/mol. The molecule has 1 aromatic carbocycles. The highest BCUT2D eigenvalue weighted by Gasteiger charge is 2.08. The van der Waals surface area contributed by atoms with Crippen LogP contribution in [0.5, 0.6) is 0 Å². The van der Waals surface area contributed by atoms with Crippen LogP contribution in [0.15, 0.2) is 24.3 Å². The fourth-order valence-electron chi connectivity index (χ4n) is 2.47. The van der Waals surface area contributed by atoms with Crippen LogP contribution in [0, 0.1) is 0 Å². The van der Waals surface area contributed by atoms with Gasteiger partial charge in [0.25, 0.3) is 0 Å². The molecule has 0 aliphatic carbocycles. The first kappa shape index (κ1) is 15.4. The molecular formula is C16H24ClN3. The number of nitrogens with one attached hydrogen (secondary N) is 2. The van der Waals surface area contributed by atoms with Crippen molar-refractivity contribution < 1.29 is 0 Å². The zero-order chi connectivity index (χ0) is 14.4. The number of aromatic nitrogens is 1. The lowest BCUT2D eigenvalue weighted by Gasteiger charge is -2.17. The standard InChI is InChI=1S/C16H24ClN3/c1-3-20(4-2)11-7-10-18-12-15-16(17)13-8-5-6-9-14(13)19-15/h5-6,8-9,18-19H,3-4,7,10-12H2,1-2H3. The lowest BCUT2D eigenvalue weighted by molar-refractivity contribution is 0.298. The van der Waals surface area contributed by atoms with Crippen molar-refractivity contribution in [2.75, 3.05) is 26.2 Å². The number of para-hydroxylation sites is 1. The van der Waals surface area contributed by atoms with Gasteiger partial charge >= 0.3 is 0 Å². The van der Waals surface area contributed by atoms with E-state index in [4.69, 9.17) is 11.6 Å². The molecule has 2 N–H and O–H groups in total. The Kier molecular flexibility index (Phi) is 5.89. The van der Waals surface area contributed by atoms with Crippen molar-refractivity contribution in [1.29, 1.82) is 0 Å². The summed E-state index contributed by atoms with van der Waals surface area (Å²) in [6.45, 7) is 9.64. The molecule has 0 aliphatic rings. The summed E-state index contributed by atoms with van der Waals surface area (Å²) in [6, 6.07) is 8.16. The minimum absolute atomic E-state index is 0.797. The van der Waals surface area contributed by atoms with Gasteiger partial charge in [-0.1, -0.05) is 43.6 Å². The Hall–Kier alpha value is -1.03. The molecule has 0 unspecified atom stereocenters. The summed E-state index contributed by atoms with van der Waals surface area (Å²) in [5, 5.41) is 5.41. The van der Waals surface area contributed by atoms with Gasteiger partial charge in [-0.3, -0.25) is 0 Å². The predicted molar refractivity (Wildman–Crippen MR) is 87.4 cm³/mol. The van der Waals surface area contributed by atoms with Gasteiger partial charge in [0.15, 0.2) is 0 Å². The third-order valence-corrected chi connectivity index (χ3v) is 4.17. The van der Waals surface area contributed by atoms with Gasteiger partial charge in [-0.05, 0) is 38.7 Å². The Morgan fingerprint density at radius 3 is 2.65 bits per heavy atom. The van der Waals surface area contributed by atoms with E-state index in [1.807, 2.05) is 12.1 Å². The molecule has 1 heterocycles. The zero-order valence-corrected chi connectivity index (χ0v) is 13.1. The zero-order valence-electron chi connectivity index (χ0n) is 12.4. The lowest BCUT2D eigenvalue weighted by Crippen LogP contribution is -2.27. The van der Waals surface area contributed by atoms with Crippen LogP contribution >= 0.6 is 11.6 Å². The Labute approximate surface area is 126 Å². The van der Waals surface area contributed by atoms with Crippen LogP contribution in [-0.4, -0.2) is 36.1 Å². The van der Waals surface area contributed by atoms with E-state index in [2.05, 4.69) is 41.2 Å². The van der Waals surface area contributed by atoms with E-state index in [9.17, 15) is 0 Å². The van der Waals surface area contributed by atoms with Crippen LogP contribution in [0.1, 0.15) is 26.0 Å². The first-order valence-electron chi connectivity index (χ1n) is 7.44. The van der Waals surface area contributed by atoms with Gasteiger partial charge in [-0.25, -0.2) is 0 Å². The molecule has 3 nitrogen and oxygen atoms in total. The monoisotopic (exact) mass is 293 g/mol. The van der Waals surface area contributed by atoms with Gasteiger partial charge in [0.2, 0.25) is 0 Å². The molecule has 2 rings (SSSR count). The number of hydrogen-bond donors (Lipinski definition) is 2. The summed E-state index contributed by atoms with van der Waals surface area (Å²) in [6.07, 6.45) is 1.17. The second kappa shape index (κ2) is 7.67. The van der Waals surface area contributed by atoms with Crippen LogP contribution in [0.3, 0.4) is 0 Å². The number of nitrogens with zero attached hydrogens (tertiary/aromatic N) is 1. The average Bonchev–Trinajstić information content (AvgIpc) is 2.80. The van der Waals surface area contributed by atoms with Crippen LogP contribution in [0.4, 0.5) is 0 Å². The molecule has 0 saturated carbocycles. The maximum atomic E-state index is 6.39. The van der Waals surface area contributed by atoms with Crippen molar-refractivity contribution >= 4 is 22.5 Å². The Balaban J connectivity index is 1.80. The van der Waals surface area contributed by atoms with E-state index < -0.39 is 0 Å². The van der Waals surface area contributed by atoms with Gasteiger partial charge in [0.05, 0.1) is 5.02 Å². The fraction of sp³-hybridized carbons (Fsp3) is 0.500. The van der Waals surface area contributed by atoms with Gasteiger partial charge in [-0.15, -0.1) is 0 Å². The maximum Gasteiger partial charge on any atom is 0.0705 e. The largest absolute Gasteiger partial charge is 0.356 e. The molecule has 0 spiro atoms. The van der Waals surface area contributed by atoms with Crippen LogP contribution in [0.2, 0.25) is 5.02 Å². The summed E-state index contributed by atoms with van der Waals surface area (Å²) in [5.74, 6) is 0. The Bertz CT molecular complexity index is 532. The second-order valence-electron chi connectivity index (χ2n) is 5.02. The summed E-state index contributed by atoms with van der Waals surface area (Å²) in [5.41, 5.74) is 2.19. The SMILES string of the molecule is CCN(CC)CCCNCc1[nH]c2ccccc2c1Cl. The van der Waals surface area contributed by atoms with Gasteiger partial charge in [0, 0.05) is 23.1 Å². The normalized spacial score (nSPS) is 11.6. The predicted octanol–water partition coefficient (Wildman–Crippen LogP) is 3.64. The van der Waals surface area contributed by atoms with Crippen LogP contribution in [0.25, 0.3) is 10.9 Å². The van der Waals surface area contributed by atoms with Gasteiger partial charge < -0.3 is 15.2 Å². The minimum atomic E-state index is 0.797. The molecule has 0 fully saturated rings. The lowest BCUT2D eigenvalue weighted by atomic mass is 10.2. The van der Waals surface area contributed by atoms with Crippen molar-refractivity contribution in [1.82, 2.24) is 15.2 Å². The topological polar surface area (TPSA) is 31.1 Å². The first-order chi connectivity index (χ1) is 9.76. The third-order valence-electron chi connectivity index (χ3n) is 3.74. The van der Waals surface area contributed by atoms with E-state index in [1.165, 1.54) is 6.42 Å². The highest BCUT2D eigenvalue weighted by molar-refractivity contribution is 6.36. The first-order valence-corrected chi connectivity index (χ1v) is 7.82. The third kappa shape index (κ3) is 3.75. The molecule has 4 heteroatoms. The van der Waals surface area contributed by atoms with Crippen molar-refractivity contribution in [2.24, 2.45) is 0 Å². The maximum absolute atomic E-state index is 6.39. The summed E-state index contributed by atoms with van der Waals surface area (Å²) >= 11 is 6.39. The van der Waals surface area contributed by atoms with Crippen molar-refractivity contribution in [3.8, 4) is 0 Å². The van der Waals surface area contributed by atoms with Crippen LogP contribution < -0.4 is 5.32 Å². The molecule has 1 aromatic heterocycles. The van der Waals surface area contributed by atoms with E-state index in [0.717, 1.165) is 54.3 Å². The van der Waals surface area contributed by atoms with Gasteiger partial charge in [0.1, 0.15) is 0 Å². The summed E-state index contributed by atoms with van der Waals surface area (Å²) < 4.78 is 0. The number of aromatic amines is 1. The van der Waals surface area contributed by atoms with Crippen molar-refractivity contribution in [2.45, 2.75) is 26.8 Å². The molecule has 0 aliphatic heterocycles. The molecule has 0 bridgehead atoms. The van der Waals surface area contributed by atoms with Crippen LogP contribution in [-0.2, 0) is 6.54 Å². The number of hydrogen-bond acceptors (Lipinski definition) is 2. The molecule has 0 radical (unpaired) electrons. The quantitative estimate of drug-likeness (QED) is 0.728. The Morgan fingerprint density at radius 1 is 1.20 bits per heavy atom. The van der Waals surface area contributed by atoms with E-state index in [-0.39, 0.29) is 0 Å². The number of benzene rings is 1. The fourth-order valence-corrected chi connectivity index (χ4v) is 2.75. The molecule has 20 heavy (non-hydrogen) atoms. The molecule has 0 atom stereocenters. The van der Waals surface area contributed by atoms with E-state index in [0.29, 0.717) is 0 Å². The van der Waals surface area contributed by atoms with E-state index in [1.54, 1.807) is 0 Å². The molecule has 2 aromatic rings. The second-order valence-corrected chi connectivity index (χ2v) is 5.40. The minimum Gasteiger partial charge on any atom is -0.356 e. The highest BCUT2D eigenvalue weighted by atomic mass is 35.5. The number of H-pyrrole nitrogens is 1. The highest BCUT2D eigenvalue weighted by Crippen LogP contribution is 2.26. The van der Waals surface area contributed by atoms with E-state index >= 15 is 0 Å². The smallest absolute Gasteiger partial charge is 0.0705 e. The number of rotatable bonds is 8. The number of halogens is 1. The molecule has 0 saturated heterocycles.